The molecule has 0 saturated carbocycles. The maximum atomic E-state index is 13.0. The number of nitrogens with two attached hydrogens (primary N) is 1. The molecule has 4 heteroatoms. The van der Waals surface area contributed by atoms with Crippen LogP contribution in [0, 0.1) is 17.7 Å². The number of carbonyl (C=O) groups excluding carboxylic acids is 1. The van der Waals surface area contributed by atoms with E-state index < -0.39 is 5.54 Å². The van der Waals surface area contributed by atoms with Gasteiger partial charge >= 0.3 is 0 Å². The first-order chi connectivity index (χ1) is 9.25. The van der Waals surface area contributed by atoms with Crippen LogP contribution < -0.4 is 11.1 Å². The topological polar surface area (TPSA) is 55.1 Å². The summed E-state index contributed by atoms with van der Waals surface area (Å²) in [6.45, 7) is 8.24. The lowest BCUT2D eigenvalue weighted by Gasteiger charge is -2.35. The largest absolute Gasteiger partial charge is 0.371 e. The summed E-state index contributed by atoms with van der Waals surface area (Å²) in [5.74, 6) is 0.000524. The van der Waals surface area contributed by atoms with Crippen molar-refractivity contribution in [1.29, 1.82) is 0 Å². The highest BCUT2D eigenvalue weighted by atomic mass is 19.1. The van der Waals surface area contributed by atoms with E-state index >= 15 is 0 Å². The van der Waals surface area contributed by atoms with Gasteiger partial charge in [-0.15, -0.1) is 0 Å². The van der Waals surface area contributed by atoms with Crippen LogP contribution in [0.4, 0.5) is 10.1 Å². The SMILES string of the molecule is CC(C)CC(CC(C)C)(Nc1ccc(F)cc1)C(N)=O. The smallest absolute Gasteiger partial charge is 0.243 e. The number of primary amides is 1. The Balaban J connectivity index is 3.06. The Kier molecular flexibility index (Phi) is 5.54. The number of hydrogen-bond acceptors (Lipinski definition) is 2. The molecule has 0 atom stereocenters. The van der Waals surface area contributed by atoms with Crippen LogP contribution in [0.15, 0.2) is 24.3 Å². The van der Waals surface area contributed by atoms with Crippen LogP contribution in [0.5, 0.6) is 0 Å². The zero-order valence-electron chi connectivity index (χ0n) is 12.7. The lowest BCUT2D eigenvalue weighted by molar-refractivity contribution is -0.123. The number of halogens is 1. The summed E-state index contributed by atoms with van der Waals surface area (Å²) in [4.78, 5) is 12.0. The van der Waals surface area contributed by atoms with Gasteiger partial charge < -0.3 is 11.1 Å². The number of anilines is 1. The number of benzene rings is 1. The minimum Gasteiger partial charge on any atom is -0.371 e. The molecule has 0 unspecified atom stereocenters. The maximum Gasteiger partial charge on any atom is 0.243 e. The summed E-state index contributed by atoms with van der Waals surface area (Å²) in [5.41, 5.74) is 5.59. The van der Waals surface area contributed by atoms with E-state index in [0.717, 1.165) is 0 Å². The van der Waals surface area contributed by atoms with E-state index in [4.69, 9.17) is 5.73 Å². The predicted octanol–water partition coefficient (Wildman–Crippen LogP) is 3.55. The van der Waals surface area contributed by atoms with Crippen LogP contribution in [0.2, 0.25) is 0 Å². The molecule has 112 valence electrons. The zero-order valence-corrected chi connectivity index (χ0v) is 12.7. The van der Waals surface area contributed by atoms with Crippen LogP contribution in [0.3, 0.4) is 0 Å². The number of rotatable bonds is 7. The standard InChI is InChI=1S/C16H25FN2O/c1-11(2)9-16(15(18)20,10-12(3)4)19-14-7-5-13(17)6-8-14/h5-8,11-12,19H,9-10H2,1-4H3,(H2,18,20). The Morgan fingerprint density at radius 2 is 1.60 bits per heavy atom. The maximum absolute atomic E-state index is 13.0. The van der Waals surface area contributed by atoms with Crippen molar-refractivity contribution in [2.75, 3.05) is 5.32 Å². The molecule has 1 amide bonds. The van der Waals surface area contributed by atoms with E-state index in [0.29, 0.717) is 30.4 Å². The van der Waals surface area contributed by atoms with Gasteiger partial charge in [0.25, 0.3) is 0 Å². The third-order valence-electron chi connectivity index (χ3n) is 3.21. The molecule has 0 bridgehead atoms. The fourth-order valence-electron chi connectivity index (χ4n) is 2.65. The normalized spacial score (nSPS) is 11.9. The summed E-state index contributed by atoms with van der Waals surface area (Å²) in [6.07, 6.45) is 1.30. The fourth-order valence-corrected chi connectivity index (χ4v) is 2.65. The second-order valence-electron chi connectivity index (χ2n) is 6.27. The third kappa shape index (κ3) is 4.51. The minimum atomic E-state index is -0.792. The molecule has 0 spiro atoms. The molecular formula is C16H25FN2O. The van der Waals surface area contributed by atoms with E-state index in [1.165, 1.54) is 12.1 Å². The van der Waals surface area contributed by atoms with Gasteiger partial charge in [0.05, 0.1) is 0 Å². The average Bonchev–Trinajstić information content (AvgIpc) is 2.30. The van der Waals surface area contributed by atoms with Gasteiger partial charge in [-0.05, 0) is 48.9 Å². The van der Waals surface area contributed by atoms with Gasteiger partial charge in [0, 0.05) is 5.69 Å². The molecule has 0 aliphatic rings. The van der Waals surface area contributed by atoms with E-state index in [2.05, 4.69) is 33.0 Å². The molecule has 1 rings (SSSR count). The van der Waals surface area contributed by atoms with Gasteiger partial charge in [0.1, 0.15) is 11.4 Å². The van der Waals surface area contributed by atoms with Crippen molar-refractivity contribution in [2.24, 2.45) is 17.6 Å². The van der Waals surface area contributed by atoms with Crippen molar-refractivity contribution in [3.63, 3.8) is 0 Å². The number of amides is 1. The molecule has 1 aromatic carbocycles. The highest BCUT2D eigenvalue weighted by Gasteiger charge is 2.37. The number of hydrogen-bond donors (Lipinski definition) is 2. The first-order valence-electron chi connectivity index (χ1n) is 7.09. The predicted molar refractivity (Wildman–Crippen MR) is 80.9 cm³/mol. The summed E-state index contributed by atoms with van der Waals surface area (Å²) >= 11 is 0. The Labute approximate surface area is 120 Å². The van der Waals surface area contributed by atoms with Crippen molar-refractivity contribution in [1.82, 2.24) is 0 Å². The van der Waals surface area contributed by atoms with Crippen molar-refractivity contribution < 1.29 is 9.18 Å². The van der Waals surface area contributed by atoms with Gasteiger partial charge in [-0.2, -0.15) is 0 Å². The van der Waals surface area contributed by atoms with Gasteiger partial charge in [-0.3, -0.25) is 4.79 Å². The molecule has 0 heterocycles. The molecule has 0 saturated heterocycles. The second-order valence-corrected chi connectivity index (χ2v) is 6.27. The Hall–Kier alpha value is -1.58. The first-order valence-corrected chi connectivity index (χ1v) is 7.09. The molecule has 0 aliphatic carbocycles. The van der Waals surface area contributed by atoms with Gasteiger partial charge in [0.2, 0.25) is 5.91 Å². The van der Waals surface area contributed by atoms with Crippen LogP contribution in [-0.2, 0) is 4.79 Å². The lowest BCUT2D eigenvalue weighted by atomic mass is 9.81. The summed E-state index contributed by atoms with van der Waals surface area (Å²) in [7, 11) is 0. The third-order valence-corrected chi connectivity index (χ3v) is 3.21. The number of carbonyl (C=O) groups is 1. The molecule has 0 aliphatic heterocycles. The van der Waals surface area contributed by atoms with E-state index in [1.54, 1.807) is 12.1 Å². The Morgan fingerprint density at radius 3 is 1.95 bits per heavy atom. The fraction of sp³-hybridized carbons (Fsp3) is 0.562. The Morgan fingerprint density at radius 1 is 1.15 bits per heavy atom. The van der Waals surface area contributed by atoms with Crippen LogP contribution in [0.1, 0.15) is 40.5 Å². The molecule has 3 N–H and O–H groups in total. The van der Waals surface area contributed by atoms with E-state index in [9.17, 15) is 9.18 Å². The van der Waals surface area contributed by atoms with Crippen molar-refractivity contribution >= 4 is 11.6 Å². The minimum absolute atomic E-state index is 0.298. The summed E-state index contributed by atoms with van der Waals surface area (Å²) in [6, 6.07) is 6.01. The van der Waals surface area contributed by atoms with Crippen LogP contribution >= 0.6 is 0 Å². The first kappa shape index (κ1) is 16.5. The van der Waals surface area contributed by atoms with Crippen molar-refractivity contribution in [3.8, 4) is 0 Å². The highest BCUT2D eigenvalue weighted by Crippen LogP contribution is 2.29. The Bertz CT molecular complexity index is 430. The molecule has 0 radical (unpaired) electrons. The van der Waals surface area contributed by atoms with Crippen LogP contribution in [-0.4, -0.2) is 11.4 Å². The molecule has 1 aromatic rings. The molecule has 20 heavy (non-hydrogen) atoms. The molecule has 0 fully saturated rings. The van der Waals surface area contributed by atoms with Crippen LogP contribution in [0.25, 0.3) is 0 Å². The second kappa shape index (κ2) is 6.73. The van der Waals surface area contributed by atoms with Gasteiger partial charge in [-0.1, -0.05) is 27.7 Å². The monoisotopic (exact) mass is 280 g/mol. The molecular weight excluding hydrogens is 255 g/mol. The van der Waals surface area contributed by atoms with E-state index in [-0.39, 0.29) is 11.7 Å². The zero-order chi connectivity index (χ0) is 15.3. The summed E-state index contributed by atoms with van der Waals surface area (Å²) in [5, 5.41) is 3.24. The van der Waals surface area contributed by atoms with Gasteiger partial charge in [0.15, 0.2) is 0 Å². The molecule has 0 aromatic heterocycles. The van der Waals surface area contributed by atoms with Gasteiger partial charge in [-0.25, -0.2) is 4.39 Å². The highest BCUT2D eigenvalue weighted by molar-refractivity contribution is 5.88. The van der Waals surface area contributed by atoms with E-state index in [1.807, 2.05) is 0 Å². The molecule has 3 nitrogen and oxygen atoms in total. The summed E-state index contributed by atoms with van der Waals surface area (Å²) < 4.78 is 13.0. The number of nitrogens with one attached hydrogen (secondary N) is 1. The van der Waals surface area contributed by atoms with Crippen molar-refractivity contribution in [3.05, 3.63) is 30.1 Å². The average molecular weight is 280 g/mol. The quantitative estimate of drug-likeness (QED) is 0.802. The van der Waals surface area contributed by atoms with Crippen molar-refractivity contribution in [2.45, 2.75) is 46.1 Å². The lowest BCUT2D eigenvalue weighted by Crippen LogP contribution is -2.52.